The van der Waals surface area contributed by atoms with E-state index < -0.39 is 11.2 Å². The molecule has 1 heterocycles. The van der Waals surface area contributed by atoms with Gasteiger partial charge in [-0.1, -0.05) is 26.8 Å². The number of anilines is 1. The molecule has 0 aliphatic carbocycles. The van der Waals surface area contributed by atoms with Gasteiger partial charge < -0.3 is 18.9 Å². The first kappa shape index (κ1) is 21.3. The summed E-state index contributed by atoms with van der Waals surface area (Å²) in [6, 6.07) is 10.00. The molecule has 3 rings (SSSR count). The molecule has 7 heteroatoms. The zero-order chi connectivity index (χ0) is 21.3. The summed E-state index contributed by atoms with van der Waals surface area (Å²) in [5.74, 6) is 1.58. The third kappa shape index (κ3) is 4.46. The molecule has 3 aromatic rings. The third-order valence-electron chi connectivity index (χ3n) is 4.90. The van der Waals surface area contributed by atoms with Gasteiger partial charge in [0.2, 0.25) is 0 Å². The third-order valence-corrected chi connectivity index (χ3v) is 6.09. The predicted octanol–water partition coefficient (Wildman–Crippen LogP) is 4.25. The van der Waals surface area contributed by atoms with Gasteiger partial charge in [0.1, 0.15) is 5.75 Å². The molecule has 0 aliphatic rings. The fraction of sp³-hybridized carbons (Fsp3) is 0.409. The van der Waals surface area contributed by atoms with Crippen molar-refractivity contribution < 1.29 is 14.0 Å². The van der Waals surface area contributed by atoms with Crippen LogP contribution in [0.5, 0.6) is 11.5 Å². The van der Waals surface area contributed by atoms with Crippen molar-refractivity contribution in [1.29, 1.82) is 0 Å². The fourth-order valence-electron chi connectivity index (χ4n) is 3.23. The minimum absolute atomic E-state index is 0.0214. The minimum atomic E-state index is -1.32. The monoisotopic (exact) mass is 415 g/mol. The number of nitrogens with zero attached hydrogens (tertiary/aromatic N) is 2. The van der Waals surface area contributed by atoms with Crippen LogP contribution < -0.4 is 14.4 Å². The van der Waals surface area contributed by atoms with E-state index in [9.17, 15) is 4.55 Å². The molecule has 0 saturated heterocycles. The normalized spacial score (nSPS) is 12.8. The van der Waals surface area contributed by atoms with Crippen LogP contribution in [0.25, 0.3) is 11.0 Å². The van der Waals surface area contributed by atoms with Gasteiger partial charge in [-0.2, -0.15) is 4.98 Å². The van der Waals surface area contributed by atoms with Crippen LogP contribution in [0.15, 0.2) is 35.5 Å². The highest BCUT2D eigenvalue weighted by atomic mass is 32.2. The van der Waals surface area contributed by atoms with E-state index in [1.54, 1.807) is 20.3 Å². The number of nitrogens with one attached hydrogen (secondary N) is 1. The molecule has 0 spiro atoms. The largest absolute Gasteiger partial charge is 0.609 e. The number of fused-ring (bicyclic) bond motifs is 1. The van der Waals surface area contributed by atoms with Crippen LogP contribution >= 0.6 is 0 Å². The molecule has 0 amide bonds. The second-order valence-electron chi connectivity index (χ2n) is 8.24. The van der Waals surface area contributed by atoms with Crippen molar-refractivity contribution in [3.63, 3.8) is 0 Å². The number of methoxy groups -OCH3 is 2. The number of ether oxygens (including phenoxy) is 2. The Morgan fingerprint density at radius 3 is 2.31 bits per heavy atom. The summed E-state index contributed by atoms with van der Waals surface area (Å²) in [6.45, 7) is 6.54. The van der Waals surface area contributed by atoms with Crippen LogP contribution in [0.1, 0.15) is 31.9 Å². The Hall–Kier alpha value is -2.38. The number of benzene rings is 2. The van der Waals surface area contributed by atoms with E-state index in [0.29, 0.717) is 27.9 Å². The second kappa shape index (κ2) is 8.16. The van der Waals surface area contributed by atoms with Crippen LogP contribution in [0, 0.1) is 0 Å². The smallest absolute Gasteiger partial charge is 0.321 e. The van der Waals surface area contributed by atoms with Crippen molar-refractivity contribution in [3.05, 3.63) is 41.5 Å². The van der Waals surface area contributed by atoms with Crippen molar-refractivity contribution >= 4 is 27.9 Å². The van der Waals surface area contributed by atoms with Crippen LogP contribution in [-0.4, -0.2) is 42.8 Å². The van der Waals surface area contributed by atoms with Crippen molar-refractivity contribution in [1.82, 2.24) is 9.97 Å². The van der Waals surface area contributed by atoms with Crippen molar-refractivity contribution in [3.8, 4) is 11.5 Å². The van der Waals surface area contributed by atoms with E-state index in [2.05, 4.69) is 48.9 Å². The number of aromatic amines is 1. The molecule has 6 nitrogen and oxygen atoms in total. The van der Waals surface area contributed by atoms with E-state index in [0.717, 1.165) is 16.8 Å². The highest BCUT2D eigenvalue weighted by molar-refractivity contribution is 7.90. The van der Waals surface area contributed by atoms with E-state index in [4.69, 9.17) is 9.47 Å². The number of hydrogen-bond donors (Lipinski definition) is 1. The molecular weight excluding hydrogens is 386 g/mol. The summed E-state index contributed by atoms with van der Waals surface area (Å²) in [6.07, 6.45) is 0. The lowest BCUT2D eigenvalue weighted by molar-refractivity contribution is 0.356. The molecule has 0 saturated carbocycles. The highest BCUT2D eigenvalue weighted by Gasteiger charge is 2.23. The van der Waals surface area contributed by atoms with Gasteiger partial charge in [-0.25, -0.2) is 0 Å². The van der Waals surface area contributed by atoms with Gasteiger partial charge >= 0.3 is 5.16 Å². The lowest BCUT2D eigenvalue weighted by Crippen LogP contribution is -2.17. The lowest BCUT2D eigenvalue weighted by Gasteiger charge is -2.24. The Kier molecular flexibility index (Phi) is 6.00. The first-order valence-corrected chi connectivity index (χ1v) is 10.8. The maximum atomic E-state index is 13.2. The molecule has 156 valence electrons. The van der Waals surface area contributed by atoms with E-state index in [1.807, 2.05) is 25.1 Å². The maximum Gasteiger partial charge on any atom is 0.321 e. The molecule has 2 aromatic carbocycles. The molecule has 0 fully saturated rings. The van der Waals surface area contributed by atoms with E-state index in [1.165, 1.54) is 5.56 Å². The maximum absolute atomic E-state index is 13.2. The average molecular weight is 416 g/mol. The molecular formula is C22H29N3O3S. The van der Waals surface area contributed by atoms with Gasteiger partial charge in [0.25, 0.3) is 0 Å². The summed E-state index contributed by atoms with van der Waals surface area (Å²) in [5, 5.41) is 0.446. The van der Waals surface area contributed by atoms with Crippen LogP contribution in [0.2, 0.25) is 0 Å². The molecule has 0 bridgehead atoms. The van der Waals surface area contributed by atoms with Gasteiger partial charge in [0.15, 0.2) is 11.5 Å². The molecule has 0 aliphatic heterocycles. The summed E-state index contributed by atoms with van der Waals surface area (Å²) < 4.78 is 23.8. The van der Waals surface area contributed by atoms with Crippen molar-refractivity contribution in [2.45, 2.75) is 37.1 Å². The molecule has 1 unspecified atom stereocenters. The molecule has 0 radical (unpaired) electrons. The molecule has 1 aromatic heterocycles. The van der Waals surface area contributed by atoms with Gasteiger partial charge in [0.05, 0.1) is 25.3 Å². The van der Waals surface area contributed by atoms with Gasteiger partial charge in [-0.15, -0.1) is 0 Å². The number of rotatable bonds is 6. The summed E-state index contributed by atoms with van der Waals surface area (Å²) >= 11 is -1.32. The molecule has 29 heavy (non-hydrogen) atoms. The van der Waals surface area contributed by atoms with Crippen LogP contribution in [-0.2, 0) is 22.3 Å². The van der Waals surface area contributed by atoms with Crippen LogP contribution in [0.3, 0.4) is 0 Å². The average Bonchev–Trinajstić information content (AvgIpc) is 3.08. The van der Waals surface area contributed by atoms with E-state index >= 15 is 0 Å². The van der Waals surface area contributed by atoms with E-state index in [-0.39, 0.29) is 5.41 Å². The highest BCUT2D eigenvalue weighted by Crippen LogP contribution is 2.33. The fourth-order valence-corrected chi connectivity index (χ4v) is 4.31. The number of H-pyrrole nitrogens is 1. The van der Waals surface area contributed by atoms with Gasteiger partial charge in [0, 0.05) is 48.7 Å². The van der Waals surface area contributed by atoms with Crippen molar-refractivity contribution in [2.24, 2.45) is 0 Å². The molecule has 1 N–H and O–H groups in total. The number of imidazole rings is 1. The zero-order valence-electron chi connectivity index (χ0n) is 18.1. The van der Waals surface area contributed by atoms with Gasteiger partial charge in [-0.3, -0.25) is 4.98 Å². The Morgan fingerprint density at radius 1 is 1.07 bits per heavy atom. The first-order chi connectivity index (χ1) is 13.6. The topological polar surface area (TPSA) is 73.4 Å². The number of aromatic nitrogens is 2. The summed E-state index contributed by atoms with van der Waals surface area (Å²) in [4.78, 5) is 9.76. The van der Waals surface area contributed by atoms with Crippen LogP contribution in [0.4, 0.5) is 5.69 Å². The minimum Gasteiger partial charge on any atom is -0.609 e. The summed E-state index contributed by atoms with van der Waals surface area (Å²) in [7, 11) is 7.17. The predicted molar refractivity (Wildman–Crippen MR) is 119 cm³/mol. The molecule has 1 atom stereocenters. The van der Waals surface area contributed by atoms with Crippen molar-refractivity contribution in [2.75, 3.05) is 33.2 Å². The Bertz CT molecular complexity index is 967. The van der Waals surface area contributed by atoms with Gasteiger partial charge in [-0.05, 0) is 23.1 Å². The quantitative estimate of drug-likeness (QED) is 0.609. The Morgan fingerprint density at radius 2 is 1.72 bits per heavy atom. The first-order valence-electron chi connectivity index (χ1n) is 9.45. The number of hydrogen-bond acceptors (Lipinski definition) is 5. The Balaban J connectivity index is 1.96. The summed E-state index contributed by atoms with van der Waals surface area (Å²) in [5.41, 5.74) is 4.80. The lowest BCUT2D eigenvalue weighted by atomic mass is 9.86. The SMILES string of the molecule is COc1cc2nc([S+]([O-])Cc3cc(C(C)(C)C)ccc3N(C)C)[nH]c2cc1OC. The standard InChI is InChI=1S/C22H29N3O3S/c1-22(2,3)15-8-9-18(25(4)5)14(10-15)13-29(26)21-23-16-11-19(27-6)20(28-7)12-17(16)24-21/h8-12H,13H2,1-7H3,(H,23,24). The zero-order valence-corrected chi connectivity index (χ0v) is 18.9. The Labute approximate surface area is 175 Å². The second-order valence-corrected chi connectivity index (χ2v) is 9.61.